The Kier molecular flexibility index (Phi) is 3.24. The Labute approximate surface area is 101 Å². The van der Waals surface area contributed by atoms with Gasteiger partial charge >= 0.3 is 0 Å². The van der Waals surface area contributed by atoms with Crippen molar-refractivity contribution in [3.8, 4) is 5.82 Å². The maximum atomic E-state index is 9.28. The molecule has 4 heteroatoms. The molecule has 0 aliphatic heterocycles. The highest BCUT2D eigenvalue weighted by Gasteiger charge is 2.08. The number of aryl methyl sites for hydroxylation is 1. The molecule has 0 aliphatic carbocycles. The van der Waals surface area contributed by atoms with Gasteiger partial charge in [-0.15, -0.1) is 0 Å². The van der Waals surface area contributed by atoms with E-state index in [1.807, 2.05) is 29.8 Å². The second-order valence-electron chi connectivity index (χ2n) is 4.42. The summed E-state index contributed by atoms with van der Waals surface area (Å²) >= 11 is 0. The lowest BCUT2D eigenvalue weighted by Gasteiger charge is -2.11. The number of aromatic nitrogens is 3. The summed E-state index contributed by atoms with van der Waals surface area (Å²) in [6.45, 7) is 6.15. The van der Waals surface area contributed by atoms with Crippen molar-refractivity contribution in [3.05, 3.63) is 41.6 Å². The third-order valence-electron chi connectivity index (χ3n) is 2.74. The zero-order valence-electron chi connectivity index (χ0n) is 10.4. The van der Waals surface area contributed by atoms with Gasteiger partial charge < -0.3 is 5.11 Å². The lowest BCUT2D eigenvalue weighted by Crippen LogP contribution is -2.04. The minimum absolute atomic E-state index is 0.0307. The van der Waals surface area contributed by atoms with Gasteiger partial charge in [0, 0.05) is 18.1 Å². The van der Waals surface area contributed by atoms with Gasteiger partial charge in [-0.3, -0.25) is 4.57 Å². The molecule has 0 aliphatic rings. The van der Waals surface area contributed by atoms with Gasteiger partial charge in [0.05, 0.1) is 6.61 Å². The number of aliphatic hydroxyl groups is 1. The lowest BCUT2D eigenvalue weighted by molar-refractivity contribution is 0.281. The molecule has 2 heterocycles. The second kappa shape index (κ2) is 4.67. The van der Waals surface area contributed by atoms with E-state index in [-0.39, 0.29) is 6.61 Å². The molecule has 0 radical (unpaired) electrons. The van der Waals surface area contributed by atoms with E-state index in [4.69, 9.17) is 0 Å². The summed E-state index contributed by atoms with van der Waals surface area (Å²) in [4.78, 5) is 8.78. The fourth-order valence-electron chi connectivity index (χ4n) is 1.72. The van der Waals surface area contributed by atoms with Crippen LogP contribution in [0.3, 0.4) is 0 Å². The molecule has 0 amide bonds. The number of hydrogen-bond donors (Lipinski definition) is 1. The summed E-state index contributed by atoms with van der Waals surface area (Å²) in [6, 6.07) is 3.83. The van der Waals surface area contributed by atoms with Crippen LogP contribution in [-0.2, 0) is 6.61 Å². The third-order valence-corrected chi connectivity index (χ3v) is 2.74. The van der Waals surface area contributed by atoms with Crippen LogP contribution in [-0.4, -0.2) is 19.6 Å². The summed E-state index contributed by atoms with van der Waals surface area (Å²) in [5, 5.41) is 9.28. The van der Waals surface area contributed by atoms with Crippen LogP contribution in [0.4, 0.5) is 0 Å². The average molecular weight is 231 g/mol. The molecular weight excluding hydrogens is 214 g/mol. The average Bonchev–Trinajstić information content (AvgIpc) is 2.74. The quantitative estimate of drug-likeness (QED) is 0.881. The number of hydrogen-bond acceptors (Lipinski definition) is 3. The molecule has 0 bridgehead atoms. The van der Waals surface area contributed by atoms with Gasteiger partial charge in [-0.2, -0.15) is 0 Å². The summed E-state index contributed by atoms with van der Waals surface area (Å²) < 4.78 is 1.92. The number of nitrogens with zero attached hydrogens (tertiary/aromatic N) is 3. The fourth-order valence-corrected chi connectivity index (χ4v) is 1.72. The number of pyridine rings is 1. The monoisotopic (exact) mass is 231 g/mol. The van der Waals surface area contributed by atoms with Gasteiger partial charge in [0.25, 0.3) is 0 Å². The van der Waals surface area contributed by atoms with Gasteiger partial charge in [-0.05, 0) is 30.5 Å². The molecular formula is C13H17N3O. The van der Waals surface area contributed by atoms with E-state index in [0.29, 0.717) is 5.92 Å². The molecule has 0 spiro atoms. The topological polar surface area (TPSA) is 50.9 Å². The Balaban J connectivity index is 2.54. The highest BCUT2D eigenvalue weighted by atomic mass is 16.3. The van der Waals surface area contributed by atoms with Crippen LogP contribution in [0, 0.1) is 6.92 Å². The SMILES string of the molecule is Cc1nccn1-c1cc(CO)cc(C(C)C)n1. The third kappa shape index (κ3) is 2.36. The molecule has 0 fully saturated rings. The number of imidazole rings is 1. The first-order valence-electron chi connectivity index (χ1n) is 5.74. The first kappa shape index (κ1) is 11.8. The summed E-state index contributed by atoms with van der Waals surface area (Å²) in [7, 11) is 0. The molecule has 2 rings (SSSR count). The molecule has 0 saturated carbocycles. The van der Waals surface area contributed by atoms with Crippen LogP contribution in [0.1, 0.15) is 36.8 Å². The number of aliphatic hydroxyl groups excluding tert-OH is 1. The van der Waals surface area contributed by atoms with E-state index in [1.165, 1.54) is 0 Å². The van der Waals surface area contributed by atoms with Gasteiger partial charge in [-0.25, -0.2) is 9.97 Å². The Morgan fingerprint density at radius 1 is 1.35 bits per heavy atom. The zero-order valence-corrected chi connectivity index (χ0v) is 10.4. The van der Waals surface area contributed by atoms with Gasteiger partial charge in [0.2, 0.25) is 0 Å². The molecule has 0 saturated heterocycles. The van der Waals surface area contributed by atoms with Crippen molar-refractivity contribution in [1.29, 1.82) is 0 Å². The summed E-state index contributed by atoms with van der Waals surface area (Å²) in [5.41, 5.74) is 1.87. The van der Waals surface area contributed by atoms with Crippen molar-refractivity contribution in [2.75, 3.05) is 0 Å². The van der Waals surface area contributed by atoms with Gasteiger partial charge in [0.1, 0.15) is 11.6 Å². The van der Waals surface area contributed by atoms with Crippen molar-refractivity contribution >= 4 is 0 Å². The van der Waals surface area contributed by atoms with E-state index >= 15 is 0 Å². The Morgan fingerprint density at radius 3 is 2.65 bits per heavy atom. The van der Waals surface area contributed by atoms with Crippen molar-refractivity contribution < 1.29 is 5.11 Å². The number of rotatable bonds is 3. The molecule has 4 nitrogen and oxygen atoms in total. The molecule has 2 aromatic heterocycles. The Hall–Kier alpha value is -1.68. The molecule has 1 N–H and O–H groups in total. The highest BCUT2D eigenvalue weighted by molar-refractivity contribution is 5.33. The van der Waals surface area contributed by atoms with Crippen molar-refractivity contribution in [2.45, 2.75) is 33.3 Å². The maximum absolute atomic E-state index is 9.28. The van der Waals surface area contributed by atoms with Crippen LogP contribution in [0.2, 0.25) is 0 Å². The normalized spacial score (nSPS) is 11.1. The van der Waals surface area contributed by atoms with Crippen LogP contribution in [0.25, 0.3) is 5.82 Å². The van der Waals surface area contributed by atoms with E-state index in [2.05, 4.69) is 23.8 Å². The first-order chi connectivity index (χ1) is 8.11. The second-order valence-corrected chi connectivity index (χ2v) is 4.42. The van der Waals surface area contributed by atoms with Crippen LogP contribution in [0.15, 0.2) is 24.5 Å². The Bertz CT molecular complexity index is 517. The van der Waals surface area contributed by atoms with Gasteiger partial charge in [0.15, 0.2) is 0 Å². The molecule has 2 aromatic rings. The molecule has 90 valence electrons. The minimum Gasteiger partial charge on any atom is -0.392 e. The van der Waals surface area contributed by atoms with Crippen molar-refractivity contribution in [3.63, 3.8) is 0 Å². The maximum Gasteiger partial charge on any atom is 0.138 e. The molecule has 0 atom stereocenters. The predicted octanol–water partition coefficient (Wildman–Crippen LogP) is 2.19. The van der Waals surface area contributed by atoms with Crippen LogP contribution >= 0.6 is 0 Å². The molecule has 0 aromatic carbocycles. The zero-order chi connectivity index (χ0) is 12.4. The summed E-state index contributed by atoms with van der Waals surface area (Å²) in [6.07, 6.45) is 3.63. The Morgan fingerprint density at radius 2 is 2.12 bits per heavy atom. The van der Waals surface area contributed by atoms with E-state index in [0.717, 1.165) is 22.9 Å². The van der Waals surface area contributed by atoms with E-state index < -0.39 is 0 Å². The first-order valence-corrected chi connectivity index (χ1v) is 5.74. The van der Waals surface area contributed by atoms with Crippen molar-refractivity contribution in [1.82, 2.24) is 14.5 Å². The van der Waals surface area contributed by atoms with Gasteiger partial charge in [-0.1, -0.05) is 13.8 Å². The predicted molar refractivity (Wildman–Crippen MR) is 66.1 cm³/mol. The largest absolute Gasteiger partial charge is 0.392 e. The smallest absolute Gasteiger partial charge is 0.138 e. The summed E-state index contributed by atoms with van der Waals surface area (Å²) in [5.74, 6) is 2.04. The fraction of sp³-hybridized carbons (Fsp3) is 0.385. The van der Waals surface area contributed by atoms with Crippen LogP contribution in [0.5, 0.6) is 0 Å². The van der Waals surface area contributed by atoms with Crippen LogP contribution < -0.4 is 0 Å². The standard InChI is InChI=1S/C13H17N3O/c1-9(2)12-6-11(8-17)7-13(15-12)16-5-4-14-10(16)3/h4-7,9,17H,8H2,1-3H3. The van der Waals surface area contributed by atoms with E-state index in [9.17, 15) is 5.11 Å². The lowest BCUT2D eigenvalue weighted by atomic mass is 10.1. The van der Waals surface area contributed by atoms with E-state index in [1.54, 1.807) is 6.20 Å². The van der Waals surface area contributed by atoms with Crippen molar-refractivity contribution in [2.24, 2.45) is 0 Å². The minimum atomic E-state index is 0.0307. The molecule has 0 unspecified atom stereocenters. The highest BCUT2D eigenvalue weighted by Crippen LogP contribution is 2.18. The molecule has 17 heavy (non-hydrogen) atoms.